The lowest BCUT2D eigenvalue weighted by Crippen LogP contribution is -2.11. The van der Waals surface area contributed by atoms with Gasteiger partial charge in [-0.1, -0.05) is 17.7 Å². The van der Waals surface area contributed by atoms with Crippen molar-refractivity contribution in [3.8, 4) is 6.07 Å². The summed E-state index contributed by atoms with van der Waals surface area (Å²) in [6.45, 7) is 0. The molecule has 1 amide bonds. The number of anilines is 1. The number of nitrogens with zero attached hydrogens (tertiary/aromatic N) is 1. The number of nitrogens with one attached hydrogen (secondary N) is 1. The fraction of sp³-hybridized carbons (Fsp3) is 0. The van der Waals surface area contributed by atoms with Crippen LogP contribution in [0.4, 0.5) is 5.69 Å². The molecule has 0 aliphatic heterocycles. The fourth-order valence-corrected chi connectivity index (χ4v) is 2.28. The van der Waals surface area contributed by atoms with Gasteiger partial charge in [0, 0.05) is 14.8 Å². The molecule has 19 heavy (non-hydrogen) atoms. The van der Waals surface area contributed by atoms with Gasteiger partial charge in [0.05, 0.1) is 10.6 Å². The summed E-state index contributed by atoms with van der Waals surface area (Å²) in [5.41, 5.74) is 1.52. The molecule has 0 saturated carbocycles. The van der Waals surface area contributed by atoms with E-state index in [1.54, 1.807) is 30.3 Å². The number of carbonyl (C=O) groups excluding carboxylic acids is 1. The smallest absolute Gasteiger partial charge is 0.255 e. The Morgan fingerprint density at radius 1 is 1.26 bits per heavy atom. The SMILES string of the molecule is N#Cc1ccc(NC(=O)c2cccc(I)c2)cc1Cl. The van der Waals surface area contributed by atoms with Crippen LogP contribution in [-0.4, -0.2) is 5.91 Å². The van der Waals surface area contributed by atoms with Gasteiger partial charge in [0.2, 0.25) is 0 Å². The zero-order valence-corrected chi connectivity index (χ0v) is 12.6. The Balaban J connectivity index is 2.20. The lowest BCUT2D eigenvalue weighted by Gasteiger charge is -2.06. The van der Waals surface area contributed by atoms with E-state index in [0.717, 1.165) is 3.57 Å². The van der Waals surface area contributed by atoms with Gasteiger partial charge < -0.3 is 5.32 Å². The summed E-state index contributed by atoms with van der Waals surface area (Å²) in [4.78, 5) is 12.0. The molecule has 0 aromatic heterocycles. The van der Waals surface area contributed by atoms with Crippen LogP contribution in [0.5, 0.6) is 0 Å². The Bertz CT molecular complexity index is 679. The normalized spacial score (nSPS) is 9.74. The molecule has 0 aliphatic rings. The van der Waals surface area contributed by atoms with E-state index in [2.05, 4.69) is 27.9 Å². The van der Waals surface area contributed by atoms with Gasteiger partial charge in [-0.3, -0.25) is 4.79 Å². The molecule has 0 atom stereocenters. The Hall–Kier alpha value is -1.58. The Kier molecular flexibility index (Phi) is 4.40. The highest BCUT2D eigenvalue weighted by molar-refractivity contribution is 14.1. The molecule has 1 N–H and O–H groups in total. The second-order valence-electron chi connectivity index (χ2n) is 3.77. The number of carbonyl (C=O) groups is 1. The molecule has 0 heterocycles. The number of amides is 1. The third kappa shape index (κ3) is 3.46. The fourth-order valence-electron chi connectivity index (χ4n) is 1.52. The maximum absolute atomic E-state index is 12.0. The van der Waals surface area contributed by atoms with Crippen LogP contribution >= 0.6 is 34.2 Å². The third-order valence-electron chi connectivity index (χ3n) is 2.43. The van der Waals surface area contributed by atoms with Crippen molar-refractivity contribution in [2.45, 2.75) is 0 Å². The summed E-state index contributed by atoms with van der Waals surface area (Å²) in [5, 5.41) is 11.8. The molecule has 0 radical (unpaired) electrons. The Labute approximate surface area is 129 Å². The highest BCUT2D eigenvalue weighted by Crippen LogP contribution is 2.20. The maximum Gasteiger partial charge on any atom is 0.255 e. The lowest BCUT2D eigenvalue weighted by atomic mass is 10.2. The van der Waals surface area contributed by atoms with Crippen LogP contribution < -0.4 is 5.32 Å². The molecule has 2 aromatic rings. The number of hydrogen-bond donors (Lipinski definition) is 1. The highest BCUT2D eigenvalue weighted by Gasteiger charge is 2.07. The average Bonchev–Trinajstić information content (AvgIpc) is 2.39. The van der Waals surface area contributed by atoms with Crippen LogP contribution in [0.1, 0.15) is 15.9 Å². The zero-order chi connectivity index (χ0) is 13.8. The predicted molar refractivity (Wildman–Crippen MR) is 83.3 cm³/mol. The van der Waals surface area contributed by atoms with E-state index in [1.165, 1.54) is 0 Å². The van der Waals surface area contributed by atoms with Crippen LogP contribution in [0.15, 0.2) is 42.5 Å². The Morgan fingerprint density at radius 2 is 2.05 bits per heavy atom. The summed E-state index contributed by atoms with van der Waals surface area (Å²) in [7, 11) is 0. The molecular formula is C14H8ClIN2O. The predicted octanol–water partition coefficient (Wildman–Crippen LogP) is 4.07. The summed E-state index contributed by atoms with van der Waals surface area (Å²) in [5.74, 6) is -0.209. The van der Waals surface area contributed by atoms with Gasteiger partial charge in [-0.25, -0.2) is 0 Å². The van der Waals surface area contributed by atoms with Crippen molar-refractivity contribution >= 4 is 45.8 Å². The molecule has 0 bridgehead atoms. The van der Waals surface area contributed by atoms with Crippen molar-refractivity contribution < 1.29 is 4.79 Å². The van der Waals surface area contributed by atoms with Crippen molar-refractivity contribution in [2.24, 2.45) is 0 Å². The lowest BCUT2D eigenvalue weighted by molar-refractivity contribution is 0.102. The molecule has 0 unspecified atom stereocenters. The number of nitriles is 1. The van der Waals surface area contributed by atoms with Gasteiger partial charge >= 0.3 is 0 Å². The quantitative estimate of drug-likeness (QED) is 0.796. The molecule has 2 rings (SSSR count). The van der Waals surface area contributed by atoms with E-state index in [-0.39, 0.29) is 5.91 Å². The van der Waals surface area contributed by atoms with Crippen molar-refractivity contribution in [3.05, 3.63) is 62.2 Å². The summed E-state index contributed by atoms with van der Waals surface area (Å²) in [6.07, 6.45) is 0. The van der Waals surface area contributed by atoms with Crippen molar-refractivity contribution in [1.82, 2.24) is 0 Å². The topological polar surface area (TPSA) is 52.9 Å². The summed E-state index contributed by atoms with van der Waals surface area (Å²) in [6, 6.07) is 14.0. The van der Waals surface area contributed by atoms with E-state index < -0.39 is 0 Å². The molecule has 0 spiro atoms. The monoisotopic (exact) mass is 382 g/mol. The second kappa shape index (κ2) is 6.04. The van der Waals surface area contributed by atoms with Gasteiger partial charge in [-0.2, -0.15) is 5.26 Å². The number of halogens is 2. The highest BCUT2D eigenvalue weighted by atomic mass is 127. The maximum atomic E-state index is 12.0. The van der Waals surface area contributed by atoms with Gasteiger partial charge in [-0.15, -0.1) is 0 Å². The largest absolute Gasteiger partial charge is 0.322 e. The van der Waals surface area contributed by atoms with E-state index in [9.17, 15) is 4.79 Å². The Morgan fingerprint density at radius 3 is 2.68 bits per heavy atom. The number of rotatable bonds is 2. The molecule has 0 fully saturated rings. The van der Waals surface area contributed by atoms with E-state index >= 15 is 0 Å². The first kappa shape index (κ1) is 13.8. The van der Waals surface area contributed by atoms with Gasteiger partial charge in [0.15, 0.2) is 0 Å². The molecule has 5 heteroatoms. The molecular weight excluding hydrogens is 375 g/mol. The van der Waals surface area contributed by atoms with Gasteiger partial charge in [-0.05, 0) is 59.0 Å². The van der Waals surface area contributed by atoms with Crippen LogP contribution in [0, 0.1) is 14.9 Å². The molecule has 0 aliphatic carbocycles. The van der Waals surface area contributed by atoms with E-state index in [1.807, 2.05) is 18.2 Å². The van der Waals surface area contributed by atoms with Crippen LogP contribution in [0.25, 0.3) is 0 Å². The van der Waals surface area contributed by atoms with Crippen LogP contribution in [0.2, 0.25) is 5.02 Å². The van der Waals surface area contributed by atoms with Crippen LogP contribution in [-0.2, 0) is 0 Å². The minimum Gasteiger partial charge on any atom is -0.322 e. The first-order valence-corrected chi connectivity index (χ1v) is 6.82. The van der Waals surface area contributed by atoms with E-state index in [4.69, 9.17) is 16.9 Å². The molecule has 2 aromatic carbocycles. The first-order chi connectivity index (χ1) is 9.10. The standard InChI is InChI=1S/C14H8ClIN2O/c15-13-7-12(5-4-10(13)8-17)18-14(19)9-2-1-3-11(16)6-9/h1-7H,(H,18,19). The van der Waals surface area contributed by atoms with Crippen LogP contribution in [0.3, 0.4) is 0 Å². The second-order valence-corrected chi connectivity index (χ2v) is 5.42. The zero-order valence-electron chi connectivity index (χ0n) is 9.65. The third-order valence-corrected chi connectivity index (χ3v) is 3.42. The number of hydrogen-bond acceptors (Lipinski definition) is 2. The summed E-state index contributed by atoms with van der Waals surface area (Å²) >= 11 is 8.06. The van der Waals surface area contributed by atoms with Gasteiger partial charge in [0.25, 0.3) is 5.91 Å². The number of benzene rings is 2. The average molecular weight is 383 g/mol. The van der Waals surface area contributed by atoms with Crippen molar-refractivity contribution in [2.75, 3.05) is 5.32 Å². The summed E-state index contributed by atoms with van der Waals surface area (Å²) < 4.78 is 0.989. The van der Waals surface area contributed by atoms with Crippen molar-refractivity contribution in [1.29, 1.82) is 5.26 Å². The molecule has 0 saturated heterocycles. The van der Waals surface area contributed by atoms with E-state index in [0.29, 0.717) is 21.8 Å². The van der Waals surface area contributed by atoms with Gasteiger partial charge in [0.1, 0.15) is 6.07 Å². The molecule has 94 valence electrons. The minimum atomic E-state index is -0.209. The van der Waals surface area contributed by atoms with Crippen molar-refractivity contribution in [3.63, 3.8) is 0 Å². The molecule has 3 nitrogen and oxygen atoms in total. The first-order valence-electron chi connectivity index (χ1n) is 5.37. The minimum absolute atomic E-state index is 0.209.